The number of carbonyl (C=O) groups excluding carboxylic acids is 2. The van der Waals surface area contributed by atoms with E-state index in [-0.39, 0.29) is 36.8 Å². The van der Waals surface area contributed by atoms with Crippen molar-refractivity contribution in [3.63, 3.8) is 0 Å². The molecular formula is C27H29N3O5. The Kier molecular flexibility index (Phi) is 6.19. The molecule has 0 atom stereocenters. The van der Waals surface area contributed by atoms with Gasteiger partial charge in [0.2, 0.25) is 12.7 Å². The fourth-order valence-electron chi connectivity index (χ4n) is 4.61. The Morgan fingerprint density at radius 1 is 1.03 bits per heavy atom. The van der Waals surface area contributed by atoms with E-state index in [0.717, 1.165) is 35.1 Å². The van der Waals surface area contributed by atoms with Gasteiger partial charge in [-0.3, -0.25) is 9.59 Å². The topological polar surface area (TPSA) is 93.9 Å². The van der Waals surface area contributed by atoms with Gasteiger partial charge in [-0.15, -0.1) is 0 Å². The standard InChI is InChI=1S/C27H29N3O5/c1-16-10-17(2)26(18(3)11-16)24-13-21(29-35-24)27(32)30(20-5-6-20)9-8-25(31)28-14-19-4-7-22-23(12-19)34-15-33-22/h4,7,10-13,20H,5-6,8-9,14-15H2,1-3H3,(H,28,31). The van der Waals surface area contributed by atoms with Crippen LogP contribution in [0.4, 0.5) is 0 Å². The summed E-state index contributed by atoms with van der Waals surface area (Å²) in [6, 6.07) is 11.6. The number of fused-ring (bicyclic) bond motifs is 1. The lowest BCUT2D eigenvalue weighted by Gasteiger charge is -2.21. The van der Waals surface area contributed by atoms with E-state index in [1.165, 1.54) is 5.56 Å². The molecule has 1 aliphatic carbocycles. The van der Waals surface area contributed by atoms with E-state index in [9.17, 15) is 9.59 Å². The molecule has 2 aliphatic rings. The van der Waals surface area contributed by atoms with Crippen LogP contribution in [-0.2, 0) is 11.3 Å². The summed E-state index contributed by atoms with van der Waals surface area (Å²) in [5.41, 5.74) is 5.49. The number of nitrogens with one attached hydrogen (secondary N) is 1. The van der Waals surface area contributed by atoms with E-state index in [0.29, 0.717) is 30.3 Å². The Morgan fingerprint density at radius 3 is 2.51 bits per heavy atom. The predicted molar refractivity (Wildman–Crippen MR) is 129 cm³/mol. The third-order valence-corrected chi connectivity index (χ3v) is 6.41. The maximum absolute atomic E-state index is 13.2. The van der Waals surface area contributed by atoms with Crippen LogP contribution < -0.4 is 14.8 Å². The van der Waals surface area contributed by atoms with Crippen LogP contribution in [0.15, 0.2) is 40.9 Å². The third-order valence-electron chi connectivity index (χ3n) is 6.41. The Morgan fingerprint density at radius 2 is 1.77 bits per heavy atom. The van der Waals surface area contributed by atoms with Gasteiger partial charge >= 0.3 is 0 Å². The number of benzene rings is 2. The predicted octanol–water partition coefficient (Wildman–Crippen LogP) is 4.31. The van der Waals surface area contributed by atoms with Crippen molar-refractivity contribution in [2.45, 2.75) is 52.6 Å². The van der Waals surface area contributed by atoms with E-state index in [4.69, 9.17) is 14.0 Å². The number of rotatable bonds is 8. The van der Waals surface area contributed by atoms with Crippen LogP contribution in [0.5, 0.6) is 11.5 Å². The maximum Gasteiger partial charge on any atom is 0.276 e. The lowest BCUT2D eigenvalue weighted by molar-refractivity contribution is -0.121. The van der Waals surface area contributed by atoms with Crippen molar-refractivity contribution < 1.29 is 23.6 Å². The summed E-state index contributed by atoms with van der Waals surface area (Å²) in [6.07, 6.45) is 2.09. The number of nitrogens with zero attached hydrogens (tertiary/aromatic N) is 2. The van der Waals surface area contributed by atoms with Gasteiger partial charge in [0, 0.05) is 37.2 Å². The minimum atomic E-state index is -0.200. The van der Waals surface area contributed by atoms with Crippen molar-refractivity contribution in [3.8, 4) is 22.8 Å². The first-order valence-corrected chi connectivity index (χ1v) is 11.9. The second kappa shape index (κ2) is 9.44. The van der Waals surface area contributed by atoms with Gasteiger partial charge in [-0.1, -0.05) is 28.9 Å². The minimum Gasteiger partial charge on any atom is -0.454 e. The Bertz CT molecular complexity index is 1250. The largest absolute Gasteiger partial charge is 0.454 e. The molecule has 1 fully saturated rings. The summed E-state index contributed by atoms with van der Waals surface area (Å²) in [4.78, 5) is 27.5. The lowest BCUT2D eigenvalue weighted by atomic mass is 9.98. The van der Waals surface area contributed by atoms with Gasteiger partial charge in [0.1, 0.15) is 0 Å². The summed E-state index contributed by atoms with van der Waals surface area (Å²) >= 11 is 0. The average Bonchev–Trinajstić information content (AvgIpc) is 3.35. The van der Waals surface area contributed by atoms with Gasteiger partial charge in [-0.05, 0) is 62.4 Å². The SMILES string of the molecule is Cc1cc(C)c(-c2cc(C(=O)N(CCC(=O)NCc3ccc4c(c3)OCO4)C3CC3)no2)c(C)c1. The molecule has 182 valence electrons. The fraction of sp³-hybridized carbons (Fsp3) is 0.370. The first kappa shape index (κ1) is 23.0. The molecule has 1 N–H and O–H groups in total. The smallest absolute Gasteiger partial charge is 0.276 e. The lowest BCUT2D eigenvalue weighted by Crippen LogP contribution is -2.37. The van der Waals surface area contributed by atoms with Gasteiger partial charge < -0.3 is 24.2 Å². The third kappa shape index (κ3) is 5.01. The van der Waals surface area contributed by atoms with E-state index >= 15 is 0 Å². The molecule has 8 heteroatoms. The molecule has 2 heterocycles. The highest BCUT2D eigenvalue weighted by Gasteiger charge is 2.34. The van der Waals surface area contributed by atoms with Crippen LogP contribution in [0.1, 0.15) is 52.0 Å². The average molecular weight is 476 g/mol. The number of aromatic nitrogens is 1. The van der Waals surface area contributed by atoms with Crippen LogP contribution in [0.3, 0.4) is 0 Å². The van der Waals surface area contributed by atoms with Crippen molar-refractivity contribution in [3.05, 3.63) is 64.3 Å². The molecular weight excluding hydrogens is 446 g/mol. The van der Waals surface area contributed by atoms with Gasteiger partial charge in [-0.25, -0.2) is 0 Å². The molecule has 5 rings (SSSR count). The van der Waals surface area contributed by atoms with Crippen LogP contribution in [-0.4, -0.2) is 41.3 Å². The van der Waals surface area contributed by atoms with E-state index in [1.54, 1.807) is 11.0 Å². The molecule has 0 spiro atoms. The first-order valence-electron chi connectivity index (χ1n) is 11.9. The highest BCUT2D eigenvalue weighted by molar-refractivity contribution is 5.94. The molecule has 1 aliphatic heterocycles. The zero-order valence-electron chi connectivity index (χ0n) is 20.2. The molecule has 8 nitrogen and oxygen atoms in total. The number of hydrogen-bond acceptors (Lipinski definition) is 6. The van der Waals surface area contributed by atoms with Crippen LogP contribution >= 0.6 is 0 Å². The molecule has 1 saturated carbocycles. The normalized spacial score (nSPS) is 14.1. The highest BCUT2D eigenvalue weighted by Crippen LogP contribution is 2.33. The number of ether oxygens (including phenoxy) is 2. The van der Waals surface area contributed by atoms with Gasteiger partial charge in [0.15, 0.2) is 23.0 Å². The molecule has 35 heavy (non-hydrogen) atoms. The van der Waals surface area contributed by atoms with Gasteiger partial charge in [-0.2, -0.15) is 0 Å². The molecule has 3 aromatic rings. The van der Waals surface area contributed by atoms with Crippen LogP contribution in [0, 0.1) is 20.8 Å². The quantitative estimate of drug-likeness (QED) is 0.522. The van der Waals surface area contributed by atoms with Crippen molar-refractivity contribution in [2.75, 3.05) is 13.3 Å². The maximum atomic E-state index is 13.2. The minimum absolute atomic E-state index is 0.118. The Balaban J connectivity index is 1.20. The van der Waals surface area contributed by atoms with Crippen molar-refractivity contribution >= 4 is 11.8 Å². The second-order valence-corrected chi connectivity index (χ2v) is 9.29. The number of amides is 2. The molecule has 0 radical (unpaired) electrons. The van der Waals surface area contributed by atoms with Crippen LogP contribution in [0.25, 0.3) is 11.3 Å². The summed E-state index contributed by atoms with van der Waals surface area (Å²) in [5, 5.41) is 6.99. The number of hydrogen-bond donors (Lipinski definition) is 1. The molecule has 1 aromatic heterocycles. The summed E-state index contributed by atoms with van der Waals surface area (Å²) in [7, 11) is 0. The molecule has 0 saturated heterocycles. The Labute approximate surface area is 204 Å². The van der Waals surface area contributed by atoms with Crippen LogP contribution in [0.2, 0.25) is 0 Å². The monoisotopic (exact) mass is 475 g/mol. The zero-order valence-corrected chi connectivity index (χ0v) is 20.2. The van der Waals surface area contributed by atoms with E-state index < -0.39 is 0 Å². The van der Waals surface area contributed by atoms with Crippen molar-refractivity contribution in [2.24, 2.45) is 0 Å². The molecule has 2 amide bonds. The number of carbonyl (C=O) groups is 2. The molecule has 0 bridgehead atoms. The first-order chi connectivity index (χ1) is 16.9. The van der Waals surface area contributed by atoms with E-state index in [1.807, 2.05) is 32.0 Å². The van der Waals surface area contributed by atoms with Crippen molar-refractivity contribution in [1.29, 1.82) is 0 Å². The van der Waals surface area contributed by atoms with E-state index in [2.05, 4.69) is 29.5 Å². The second-order valence-electron chi connectivity index (χ2n) is 9.29. The number of aryl methyl sites for hydroxylation is 3. The molecule has 0 unspecified atom stereocenters. The summed E-state index contributed by atoms with van der Waals surface area (Å²) in [5.74, 6) is 1.66. The Hall–Kier alpha value is -3.81. The zero-order chi connectivity index (χ0) is 24.5. The van der Waals surface area contributed by atoms with Gasteiger partial charge in [0.05, 0.1) is 0 Å². The fourth-order valence-corrected chi connectivity index (χ4v) is 4.61. The summed E-state index contributed by atoms with van der Waals surface area (Å²) < 4.78 is 16.3. The van der Waals surface area contributed by atoms with Crippen molar-refractivity contribution in [1.82, 2.24) is 15.4 Å². The summed E-state index contributed by atoms with van der Waals surface area (Å²) in [6.45, 7) is 7.04. The van der Waals surface area contributed by atoms with Gasteiger partial charge in [0.25, 0.3) is 5.91 Å². The molecule has 2 aromatic carbocycles. The highest BCUT2D eigenvalue weighted by atomic mass is 16.7.